The molecule has 2 heterocycles. The van der Waals surface area contributed by atoms with Crippen molar-refractivity contribution in [3.8, 4) is 11.3 Å². The molecular formula is C21H17FN4O2S. The van der Waals surface area contributed by atoms with E-state index in [2.05, 4.69) is 15.6 Å². The number of carbonyl (C=O) groups is 2. The molecule has 0 bridgehead atoms. The monoisotopic (exact) mass is 408 g/mol. The van der Waals surface area contributed by atoms with Crippen molar-refractivity contribution in [1.29, 1.82) is 0 Å². The number of carbonyl (C=O) groups excluding carboxylic acids is 2. The van der Waals surface area contributed by atoms with E-state index in [9.17, 15) is 14.0 Å². The van der Waals surface area contributed by atoms with E-state index >= 15 is 0 Å². The van der Waals surface area contributed by atoms with Gasteiger partial charge in [0.15, 0.2) is 4.96 Å². The largest absolute Gasteiger partial charge is 0.352 e. The fourth-order valence-corrected chi connectivity index (χ4v) is 3.61. The zero-order valence-electron chi connectivity index (χ0n) is 15.5. The van der Waals surface area contributed by atoms with Gasteiger partial charge in [-0.1, -0.05) is 12.1 Å². The minimum Gasteiger partial charge on any atom is -0.352 e. The first-order valence-corrected chi connectivity index (χ1v) is 9.75. The lowest BCUT2D eigenvalue weighted by molar-refractivity contribution is -0.119. The van der Waals surface area contributed by atoms with E-state index in [-0.39, 0.29) is 17.6 Å². The van der Waals surface area contributed by atoms with Crippen LogP contribution in [0.2, 0.25) is 0 Å². The number of anilines is 1. The van der Waals surface area contributed by atoms with Crippen molar-refractivity contribution in [1.82, 2.24) is 14.7 Å². The van der Waals surface area contributed by atoms with E-state index in [1.165, 1.54) is 30.4 Å². The van der Waals surface area contributed by atoms with Crippen LogP contribution < -0.4 is 10.6 Å². The van der Waals surface area contributed by atoms with Crippen LogP contribution in [-0.4, -0.2) is 21.2 Å². The Kier molecular flexibility index (Phi) is 5.09. The van der Waals surface area contributed by atoms with Gasteiger partial charge in [-0.3, -0.25) is 14.0 Å². The maximum atomic E-state index is 13.3. The molecule has 0 spiro atoms. The highest BCUT2D eigenvalue weighted by molar-refractivity contribution is 7.15. The van der Waals surface area contributed by atoms with E-state index < -0.39 is 0 Å². The molecule has 0 aliphatic carbocycles. The Balaban J connectivity index is 1.61. The number of thiazole rings is 1. The summed E-state index contributed by atoms with van der Waals surface area (Å²) in [5, 5.41) is 7.52. The standard InChI is InChI=1S/C21H17FN4O2S/c1-13(27)23-12-14-2-4-16(5-3-14)20(28)25-19-18(15-6-8-17(22)9-7-15)24-21-26(19)10-11-29-21/h2-11H,12H2,1H3,(H,23,27)(H,25,28). The average Bonchev–Trinajstić information content (AvgIpc) is 3.30. The number of fused-ring (bicyclic) bond motifs is 1. The first-order chi connectivity index (χ1) is 14.0. The van der Waals surface area contributed by atoms with Crippen LogP contribution in [0.1, 0.15) is 22.8 Å². The Morgan fingerprint density at radius 2 is 1.83 bits per heavy atom. The van der Waals surface area contributed by atoms with Gasteiger partial charge in [0.2, 0.25) is 5.91 Å². The Hall–Kier alpha value is -3.52. The van der Waals surface area contributed by atoms with Gasteiger partial charge >= 0.3 is 0 Å². The molecule has 4 aromatic rings. The summed E-state index contributed by atoms with van der Waals surface area (Å²) in [6.07, 6.45) is 1.83. The van der Waals surface area contributed by atoms with E-state index in [0.717, 1.165) is 10.5 Å². The minimum atomic E-state index is -0.334. The molecule has 0 unspecified atom stereocenters. The Morgan fingerprint density at radius 1 is 1.10 bits per heavy atom. The van der Waals surface area contributed by atoms with Crippen molar-refractivity contribution >= 4 is 33.9 Å². The average molecular weight is 408 g/mol. The van der Waals surface area contributed by atoms with Crippen LogP contribution in [0.3, 0.4) is 0 Å². The van der Waals surface area contributed by atoms with Crippen LogP contribution in [0.5, 0.6) is 0 Å². The summed E-state index contributed by atoms with van der Waals surface area (Å²) in [5.41, 5.74) is 2.66. The summed E-state index contributed by atoms with van der Waals surface area (Å²) in [6, 6.07) is 13.0. The second-order valence-electron chi connectivity index (χ2n) is 6.43. The molecule has 6 nitrogen and oxygen atoms in total. The van der Waals surface area contributed by atoms with Crippen molar-refractivity contribution in [3.63, 3.8) is 0 Å². The zero-order valence-corrected chi connectivity index (χ0v) is 16.3. The second-order valence-corrected chi connectivity index (χ2v) is 7.31. The highest BCUT2D eigenvalue weighted by Crippen LogP contribution is 2.31. The molecule has 0 aliphatic heterocycles. The summed E-state index contributed by atoms with van der Waals surface area (Å²) >= 11 is 1.44. The van der Waals surface area contributed by atoms with Gasteiger partial charge in [-0.2, -0.15) is 0 Å². The first-order valence-electron chi connectivity index (χ1n) is 8.87. The molecule has 0 radical (unpaired) electrons. The molecule has 29 heavy (non-hydrogen) atoms. The van der Waals surface area contributed by atoms with E-state index in [4.69, 9.17) is 0 Å². The molecular weight excluding hydrogens is 391 g/mol. The minimum absolute atomic E-state index is 0.111. The van der Waals surface area contributed by atoms with Gasteiger partial charge in [0.05, 0.1) is 0 Å². The predicted octanol–water partition coefficient (Wildman–Crippen LogP) is 4.09. The summed E-state index contributed by atoms with van der Waals surface area (Å²) in [5.74, 6) is -0.201. The molecule has 4 rings (SSSR count). The lowest BCUT2D eigenvalue weighted by Gasteiger charge is -2.08. The number of hydrogen-bond acceptors (Lipinski definition) is 4. The number of hydrogen-bond donors (Lipinski definition) is 2. The lowest BCUT2D eigenvalue weighted by Crippen LogP contribution is -2.19. The van der Waals surface area contributed by atoms with Gasteiger partial charge in [-0.05, 0) is 42.0 Å². The van der Waals surface area contributed by atoms with Crippen LogP contribution in [0.15, 0.2) is 60.1 Å². The molecule has 0 fully saturated rings. The molecule has 2 aromatic carbocycles. The molecule has 0 aliphatic rings. The Labute approximate surface area is 170 Å². The molecule has 0 saturated carbocycles. The smallest absolute Gasteiger partial charge is 0.256 e. The van der Waals surface area contributed by atoms with Gasteiger partial charge in [0.25, 0.3) is 5.91 Å². The quantitative estimate of drug-likeness (QED) is 0.522. The normalized spacial score (nSPS) is 10.8. The number of imidazole rings is 1. The van der Waals surface area contributed by atoms with Crippen LogP contribution in [0.4, 0.5) is 10.2 Å². The summed E-state index contributed by atoms with van der Waals surface area (Å²) in [6.45, 7) is 1.86. The number of halogens is 1. The van der Waals surface area contributed by atoms with Crippen LogP contribution in [0.25, 0.3) is 16.2 Å². The van der Waals surface area contributed by atoms with Crippen LogP contribution in [0, 0.1) is 5.82 Å². The highest BCUT2D eigenvalue weighted by atomic mass is 32.1. The van der Waals surface area contributed by atoms with Crippen molar-refractivity contribution in [2.75, 3.05) is 5.32 Å². The molecule has 8 heteroatoms. The molecule has 2 aromatic heterocycles. The van der Waals surface area contributed by atoms with Gasteiger partial charge in [0, 0.05) is 36.2 Å². The number of nitrogens with one attached hydrogen (secondary N) is 2. The fourth-order valence-electron chi connectivity index (χ4n) is 2.89. The highest BCUT2D eigenvalue weighted by Gasteiger charge is 2.18. The van der Waals surface area contributed by atoms with Crippen LogP contribution in [-0.2, 0) is 11.3 Å². The molecule has 0 saturated heterocycles. The van der Waals surface area contributed by atoms with Crippen molar-refractivity contribution in [2.45, 2.75) is 13.5 Å². The van der Waals surface area contributed by atoms with E-state index in [1.807, 2.05) is 11.6 Å². The molecule has 2 N–H and O–H groups in total. The maximum absolute atomic E-state index is 13.3. The van der Waals surface area contributed by atoms with Gasteiger partial charge in [-0.25, -0.2) is 9.37 Å². The number of rotatable bonds is 5. The topological polar surface area (TPSA) is 75.5 Å². The van der Waals surface area contributed by atoms with E-state index in [0.29, 0.717) is 29.2 Å². The van der Waals surface area contributed by atoms with Gasteiger partial charge < -0.3 is 10.6 Å². The summed E-state index contributed by atoms with van der Waals surface area (Å²) < 4.78 is 15.1. The molecule has 146 valence electrons. The van der Waals surface area contributed by atoms with Crippen molar-refractivity contribution in [3.05, 3.63) is 77.1 Å². The second kappa shape index (κ2) is 7.84. The maximum Gasteiger partial charge on any atom is 0.256 e. The number of amides is 2. The van der Waals surface area contributed by atoms with Gasteiger partial charge in [-0.15, -0.1) is 11.3 Å². The molecule has 0 atom stereocenters. The number of aromatic nitrogens is 2. The van der Waals surface area contributed by atoms with Crippen LogP contribution >= 0.6 is 11.3 Å². The lowest BCUT2D eigenvalue weighted by atomic mass is 10.1. The Morgan fingerprint density at radius 3 is 2.52 bits per heavy atom. The third kappa shape index (κ3) is 4.02. The molecule has 2 amide bonds. The number of benzene rings is 2. The first kappa shape index (κ1) is 18.8. The Bertz CT molecular complexity index is 1180. The third-order valence-corrected chi connectivity index (χ3v) is 5.13. The van der Waals surface area contributed by atoms with E-state index in [1.54, 1.807) is 40.8 Å². The van der Waals surface area contributed by atoms with Crippen molar-refractivity contribution in [2.24, 2.45) is 0 Å². The SMILES string of the molecule is CC(=O)NCc1ccc(C(=O)Nc2c(-c3ccc(F)cc3)nc3sccn23)cc1. The van der Waals surface area contributed by atoms with Gasteiger partial charge in [0.1, 0.15) is 17.3 Å². The fraction of sp³-hybridized carbons (Fsp3) is 0.0952. The summed E-state index contributed by atoms with van der Waals surface area (Å²) in [7, 11) is 0. The summed E-state index contributed by atoms with van der Waals surface area (Å²) in [4.78, 5) is 29.1. The zero-order chi connectivity index (χ0) is 20.4. The number of nitrogens with zero attached hydrogens (tertiary/aromatic N) is 2. The predicted molar refractivity (Wildman–Crippen MR) is 110 cm³/mol. The third-order valence-electron chi connectivity index (χ3n) is 4.37. The van der Waals surface area contributed by atoms with Crippen molar-refractivity contribution < 1.29 is 14.0 Å².